The number of nitrogens with one attached hydrogen (secondary N) is 1. The van der Waals surface area contributed by atoms with E-state index in [0.29, 0.717) is 10.9 Å². The molecule has 0 bridgehead atoms. The highest BCUT2D eigenvalue weighted by atomic mass is 19.1. The van der Waals surface area contributed by atoms with Gasteiger partial charge in [-0.25, -0.2) is 4.39 Å². The van der Waals surface area contributed by atoms with Crippen LogP contribution in [-0.4, -0.2) is 4.98 Å². The Balaban J connectivity index is 2.29. The normalized spacial score (nSPS) is 10.6. The molecule has 0 saturated heterocycles. The molecule has 0 unspecified atom stereocenters. The second kappa shape index (κ2) is 4.25. The summed E-state index contributed by atoms with van der Waals surface area (Å²) in [5.74, 6) is -0.335. The zero-order valence-electron chi connectivity index (χ0n) is 10.4. The summed E-state index contributed by atoms with van der Waals surface area (Å²) in [5, 5.41) is 9.94. The van der Waals surface area contributed by atoms with Crippen molar-refractivity contribution in [2.75, 3.05) is 0 Å². The second-order valence-corrected chi connectivity index (χ2v) is 4.54. The molecule has 0 radical (unpaired) electrons. The maximum absolute atomic E-state index is 13.3. The van der Waals surface area contributed by atoms with E-state index >= 15 is 0 Å². The van der Waals surface area contributed by atoms with Crippen molar-refractivity contribution in [3.63, 3.8) is 0 Å². The molecular formula is C16H11FN2. The fourth-order valence-electron chi connectivity index (χ4n) is 2.22. The number of H-pyrrole nitrogens is 1. The lowest BCUT2D eigenvalue weighted by atomic mass is 10.1. The number of aromatic amines is 1. The molecule has 3 aromatic rings. The van der Waals surface area contributed by atoms with Crippen LogP contribution in [0.4, 0.5) is 4.39 Å². The third-order valence-corrected chi connectivity index (χ3v) is 3.21. The summed E-state index contributed by atoms with van der Waals surface area (Å²) >= 11 is 0. The number of rotatable bonds is 1. The van der Waals surface area contributed by atoms with Crippen LogP contribution in [0.1, 0.15) is 11.1 Å². The minimum atomic E-state index is -0.335. The molecule has 0 spiro atoms. The first kappa shape index (κ1) is 11.5. The summed E-state index contributed by atoms with van der Waals surface area (Å²) in [7, 11) is 0. The highest BCUT2D eigenvalue weighted by Gasteiger charge is 2.13. The van der Waals surface area contributed by atoms with Gasteiger partial charge in [-0.1, -0.05) is 29.8 Å². The van der Waals surface area contributed by atoms with Crippen LogP contribution in [0.2, 0.25) is 0 Å². The van der Waals surface area contributed by atoms with E-state index in [0.717, 1.165) is 22.3 Å². The van der Waals surface area contributed by atoms with Crippen molar-refractivity contribution in [2.45, 2.75) is 6.92 Å². The molecule has 0 aliphatic carbocycles. The van der Waals surface area contributed by atoms with E-state index < -0.39 is 0 Å². The third-order valence-electron chi connectivity index (χ3n) is 3.21. The van der Waals surface area contributed by atoms with Crippen LogP contribution in [0.3, 0.4) is 0 Å². The molecule has 19 heavy (non-hydrogen) atoms. The van der Waals surface area contributed by atoms with E-state index in [1.54, 1.807) is 6.07 Å². The Hall–Kier alpha value is -2.60. The highest BCUT2D eigenvalue weighted by molar-refractivity contribution is 5.93. The summed E-state index contributed by atoms with van der Waals surface area (Å²) in [5.41, 5.74) is 4.08. The van der Waals surface area contributed by atoms with Crippen LogP contribution in [0, 0.1) is 24.1 Å². The van der Waals surface area contributed by atoms with Crippen molar-refractivity contribution >= 4 is 10.9 Å². The zero-order chi connectivity index (χ0) is 13.4. The molecular weight excluding hydrogens is 239 g/mol. The molecule has 1 aromatic heterocycles. The van der Waals surface area contributed by atoms with E-state index in [4.69, 9.17) is 0 Å². The summed E-state index contributed by atoms with van der Waals surface area (Å²) in [6.07, 6.45) is 0. The largest absolute Gasteiger partial charge is 0.353 e. The lowest BCUT2D eigenvalue weighted by Crippen LogP contribution is -1.82. The van der Waals surface area contributed by atoms with Gasteiger partial charge in [0.1, 0.15) is 11.9 Å². The van der Waals surface area contributed by atoms with Crippen molar-refractivity contribution in [3.8, 4) is 17.3 Å². The molecule has 1 heterocycles. The molecule has 0 atom stereocenters. The summed E-state index contributed by atoms with van der Waals surface area (Å²) in [6, 6.07) is 14.5. The van der Waals surface area contributed by atoms with Crippen molar-refractivity contribution in [1.82, 2.24) is 4.98 Å². The van der Waals surface area contributed by atoms with Gasteiger partial charge in [0.05, 0.1) is 11.3 Å². The molecule has 1 N–H and O–H groups in total. The minimum absolute atomic E-state index is 0.335. The van der Waals surface area contributed by atoms with Crippen molar-refractivity contribution in [1.29, 1.82) is 5.26 Å². The van der Waals surface area contributed by atoms with Gasteiger partial charge < -0.3 is 4.98 Å². The predicted molar refractivity (Wildman–Crippen MR) is 73.1 cm³/mol. The Morgan fingerprint density at radius 1 is 1.11 bits per heavy atom. The first-order valence-electron chi connectivity index (χ1n) is 5.97. The number of aromatic nitrogens is 1. The molecule has 0 aliphatic heterocycles. The van der Waals surface area contributed by atoms with Gasteiger partial charge in [-0.3, -0.25) is 0 Å². The smallest absolute Gasteiger partial charge is 0.124 e. The van der Waals surface area contributed by atoms with Gasteiger partial charge in [0, 0.05) is 10.9 Å². The fourth-order valence-corrected chi connectivity index (χ4v) is 2.22. The van der Waals surface area contributed by atoms with E-state index in [1.807, 2.05) is 31.2 Å². The molecule has 0 aliphatic rings. The molecule has 2 nitrogen and oxygen atoms in total. The van der Waals surface area contributed by atoms with Crippen molar-refractivity contribution < 1.29 is 4.39 Å². The third kappa shape index (κ3) is 1.88. The van der Waals surface area contributed by atoms with Gasteiger partial charge in [-0.15, -0.1) is 0 Å². The van der Waals surface area contributed by atoms with Gasteiger partial charge in [-0.05, 0) is 30.7 Å². The monoisotopic (exact) mass is 250 g/mol. The zero-order valence-corrected chi connectivity index (χ0v) is 10.4. The quantitative estimate of drug-likeness (QED) is 0.692. The van der Waals surface area contributed by atoms with Gasteiger partial charge in [-0.2, -0.15) is 5.26 Å². The maximum Gasteiger partial charge on any atom is 0.124 e. The van der Waals surface area contributed by atoms with E-state index in [9.17, 15) is 9.65 Å². The number of hydrogen-bond acceptors (Lipinski definition) is 1. The number of nitriles is 1. The Kier molecular flexibility index (Phi) is 2.57. The number of nitrogens with zero attached hydrogens (tertiary/aromatic N) is 1. The van der Waals surface area contributed by atoms with Crippen LogP contribution in [0.25, 0.3) is 22.2 Å². The second-order valence-electron chi connectivity index (χ2n) is 4.54. The van der Waals surface area contributed by atoms with Crippen molar-refractivity contribution in [2.24, 2.45) is 0 Å². The Labute approximate surface area is 110 Å². The average molecular weight is 250 g/mol. The van der Waals surface area contributed by atoms with E-state index in [1.165, 1.54) is 12.1 Å². The summed E-state index contributed by atoms with van der Waals surface area (Å²) in [6.45, 7) is 2.01. The molecule has 3 rings (SSSR count). The Morgan fingerprint density at radius 3 is 2.53 bits per heavy atom. The lowest BCUT2D eigenvalue weighted by Gasteiger charge is -1.99. The van der Waals surface area contributed by atoms with Gasteiger partial charge in [0.2, 0.25) is 0 Å². The SMILES string of the molecule is Cc1ccc(-c2[nH]c3ccc(F)cc3c2C#N)cc1. The summed E-state index contributed by atoms with van der Waals surface area (Å²) in [4.78, 5) is 3.19. The van der Waals surface area contributed by atoms with Crippen LogP contribution >= 0.6 is 0 Å². The molecule has 3 heteroatoms. The molecule has 92 valence electrons. The summed E-state index contributed by atoms with van der Waals surface area (Å²) < 4.78 is 13.3. The van der Waals surface area contributed by atoms with Gasteiger partial charge in [0.15, 0.2) is 0 Å². The standard InChI is InChI=1S/C16H11FN2/c1-10-2-4-11(5-3-10)16-14(9-18)13-8-12(17)6-7-15(13)19-16/h2-8,19H,1H3. The average Bonchev–Trinajstić information content (AvgIpc) is 2.77. The fraction of sp³-hybridized carbons (Fsp3) is 0.0625. The van der Waals surface area contributed by atoms with Gasteiger partial charge in [0.25, 0.3) is 0 Å². The minimum Gasteiger partial charge on any atom is -0.353 e. The molecule has 0 amide bonds. The predicted octanol–water partition coefficient (Wildman–Crippen LogP) is 4.15. The topological polar surface area (TPSA) is 39.6 Å². The van der Waals surface area contributed by atoms with Crippen LogP contribution in [0.5, 0.6) is 0 Å². The molecule has 2 aromatic carbocycles. The van der Waals surface area contributed by atoms with Gasteiger partial charge >= 0.3 is 0 Å². The first-order chi connectivity index (χ1) is 9.19. The van der Waals surface area contributed by atoms with Crippen LogP contribution in [-0.2, 0) is 0 Å². The lowest BCUT2D eigenvalue weighted by molar-refractivity contribution is 0.629. The molecule has 0 fully saturated rings. The number of aryl methyl sites for hydroxylation is 1. The molecule has 0 saturated carbocycles. The van der Waals surface area contributed by atoms with E-state index in [-0.39, 0.29) is 5.82 Å². The highest BCUT2D eigenvalue weighted by Crippen LogP contribution is 2.30. The Bertz CT molecular complexity index is 792. The number of benzene rings is 2. The number of fused-ring (bicyclic) bond motifs is 1. The van der Waals surface area contributed by atoms with Crippen LogP contribution in [0.15, 0.2) is 42.5 Å². The van der Waals surface area contributed by atoms with Crippen LogP contribution < -0.4 is 0 Å². The first-order valence-corrected chi connectivity index (χ1v) is 5.97. The maximum atomic E-state index is 13.3. The number of halogens is 1. The van der Waals surface area contributed by atoms with Crippen molar-refractivity contribution in [3.05, 3.63) is 59.4 Å². The Morgan fingerprint density at radius 2 is 1.84 bits per heavy atom. The van der Waals surface area contributed by atoms with E-state index in [2.05, 4.69) is 11.1 Å². The number of hydrogen-bond donors (Lipinski definition) is 1.